The first-order chi connectivity index (χ1) is 15.4. The Morgan fingerprint density at radius 2 is 1.69 bits per heavy atom. The molecule has 166 valence electrons. The largest absolute Gasteiger partial charge is 0.352 e. The van der Waals surface area contributed by atoms with Crippen LogP contribution in [0.4, 0.5) is 4.39 Å². The van der Waals surface area contributed by atoms with Gasteiger partial charge in [-0.2, -0.15) is 9.78 Å². The highest BCUT2D eigenvalue weighted by Crippen LogP contribution is 2.16. The number of nitrogens with zero attached hydrogens (tertiary/aromatic N) is 4. The number of carbonyl (C=O) groups is 1. The smallest absolute Gasteiger partial charge is 0.337 e. The molecule has 1 amide bonds. The summed E-state index contributed by atoms with van der Waals surface area (Å²) in [5.41, 5.74) is -0.194. The fourth-order valence-electron chi connectivity index (χ4n) is 3.82. The van der Waals surface area contributed by atoms with E-state index >= 15 is 0 Å². The fourth-order valence-corrected chi connectivity index (χ4v) is 3.82. The minimum Gasteiger partial charge on any atom is -0.337 e. The molecular formula is C24H25FN4O3. The highest BCUT2D eigenvalue weighted by molar-refractivity contribution is 5.92. The zero-order valence-electron chi connectivity index (χ0n) is 18.1. The van der Waals surface area contributed by atoms with E-state index < -0.39 is 23.0 Å². The van der Waals surface area contributed by atoms with E-state index in [1.165, 1.54) is 18.2 Å². The maximum Gasteiger partial charge on any atom is 0.352 e. The van der Waals surface area contributed by atoms with Crippen LogP contribution in [0.15, 0.2) is 58.1 Å². The molecule has 1 fully saturated rings. The average molecular weight is 436 g/mol. The first-order valence-electron chi connectivity index (χ1n) is 10.7. The lowest BCUT2D eigenvalue weighted by atomic mass is 10.0. The van der Waals surface area contributed by atoms with E-state index in [1.807, 2.05) is 12.1 Å². The van der Waals surface area contributed by atoms with Gasteiger partial charge in [0.1, 0.15) is 5.82 Å². The lowest BCUT2D eigenvalue weighted by Crippen LogP contribution is -2.46. The second-order valence-corrected chi connectivity index (χ2v) is 8.27. The molecular weight excluding hydrogens is 411 g/mol. The van der Waals surface area contributed by atoms with Crippen molar-refractivity contribution in [3.8, 4) is 5.69 Å². The molecule has 2 aromatic carbocycles. The highest BCUT2D eigenvalue weighted by Gasteiger charge is 2.27. The third kappa shape index (κ3) is 4.12. The van der Waals surface area contributed by atoms with Crippen LogP contribution in [0.3, 0.4) is 0 Å². The van der Waals surface area contributed by atoms with Gasteiger partial charge >= 0.3 is 5.69 Å². The van der Waals surface area contributed by atoms with Gasteiger partial charge in [-0.25, -0.2) is 9.18 Å². The molecule has 0 atom stereocenters. The Hall–Kier alpha value is -3.55. The Morgan fingerprint density at radius 3 is 2.31 bits per heavy atom. The molecule has 2 heterocycles. The Morgan fingerprint density at radius 1 is 1.03 bits per heavy atom. The Kier molecular flexibility index (Phi) is 6.03. The molecule has 1 aliphatic heterocycles. The Bertz CT molecular complexity index is 1260. The number of hydrogen-bond acceptors (Lipinski definition) is 4. The zero-order chi connectivity index (χ0) is 22.8. The van der Waals surface area contributed by atoms with Gasteiger partial charge < -0.3 is 4.90 Å². The van der Waals surface area contributed by atoms with E-state index in [0.29, 0.717) is 24.7 Å². The number of aromatic nitrogens is 3. The van der Waals surface area contributed by atoms with Crippen LogP contribution < -0.4 is 11.2 Å². The molecule has 0 unspecified atom stereocenters. The van der Waals surface area contributed by atoms with Crippen LogP contribution in [0.1, 0.15) is 54.2 Å². The van der Waals surface area contributed by atoms with Crippen LogP contribution in [0.2, 0.25) is 0 Å². The van der Waals surface area contributed by atoms with Crippen LogP contribution in [0.5, 0.6) is 0 Å². The summed E-state index contributed by atoms with van der Waals surface area (Å²) in [6, 6.07) is 13.1. The zero-order valence-corrected chi connectivity index (χ0v) is 18.1. The van der Waals surface area contributed by atoms with Gasteiger partial charge in [0.25, 0.3) is 11.5 Å². The van der Waals surface area contributed by atoms with Gasteiger partial charge in [0.2, 0.25) is 5.69 Å². The van der Waals surface area contributed by atoms with Crippen molar-refractivity contribution in [1.29, 1.82) is 0 Å². The molecule has 1 aromatic heterocycles. The predicted octanol–water partition coefficient (Wildman–Crippen LogP) is 2.94. The Labute approximate surface area is 184 Å². The second-order valence-electron chi connectivity index (χ2n) is 8.27. The number of hydrogen-bond donors (Lipinski definition) is 0. The van der Waals surface area contributed by atoms with Crippen molar-refractivity contribution in [3.05, 3.63) is 92.0 Å². The highest BCUT2D eigenvalue weighted by atomic mass is 19.1. The number of halogens is 1. The molecule has 8 heteroatoms. The van der Waals surface area contributed by atoms with Crippen molar-refractivity contribution < 1.29 is 9.18 Å². The topological polar surface area (TPSA) is 77.2 Å². The minimum atomic E-state index is -0.815. The normalized spacial score (nSPS) is 13.7. The lowest BCUT2D eigenvalue weighted by molar-refractivity contribution is 0.0781. The third-order valence-corrected chi connectivity index (χ3v) is 5.75. The second kappa shape index (κ2) is 8.90. The summed E-state index contributed by atoms with van der Waals surface area (Å²) in [5, 5.41) is 4.17. The van der Waals surface area contributed by atoms with Crippen molar-refractivity contribution in [3.63, 3.8) is 0 Å². The molecule has 0 aliphatic carbocycles. The molecule has 3 aromatic rings. The van der Waals surface area contributed by atoms with Crippen LogP contribution in [0.25, 0.3) is 5.69 Å². The molecule has 0 saturated carbocycles. The monoisotopic (exact) mass is 436 g/mol. The maximum absolute atomic E-state index is 14.3. The first kappa shape index (κ1) is 21.7. The van der Waals surface area contributed by atoms with Gasteiger partial charge in [-0.05, 0) is 42.5 Å². The first-order valence-corrected chi connectivity index (χ1v) is 10.7. The van der Waals surface area contributed by atoms with Crippen LogP contribution in [-0.2, 0) is 6.54 Å². The summed E-state index contributed by atoms with van der Waals surface area (Å²) in [7, 11) is 0. The summed E-state index contributed by atoms with van der Waals surface area (Å²) < 4.78 is 16.2. The maximum atomic E-state index is 14.3. The number of benzene rings is 2. The van der Waals surface area contributed by atoms with Gasteiger partial charge in [0, 0.05) is 18.7 Å². The molecule has 1 aliphatic rings. The van der Waals surface area contributed by atoms with E-state index in [0.717, 1.165) is 27.7 Å². The molecule has 0 radical (unpaired) electrons. The standard InChI is InChI=1S/C24H25FN4O3/c1-16(2)17-9-11-19(12-10-17)29-24(32)28(15-18-7-3-4-8-20(18)25)23(31)21(26-29)22(30)27-13-5-6-14-27/h3-4,7-12,16H,5-6,13-15H2,1-2H3. The molecule has 0 N–H and O–H groups in total. The van der Waals surface area contributed by atoms with Crippen molar-refractivity contribution in [2.24, 2.45) is 0 Å². The SMILES string of the molecule is CC(C)c1ccc(-n2nc(C(=O)N3CCCC3)c(=O)n(Cc3ccccc3F)c2=O)cc1. The molecule has 1 saturated heterocycles. The number of carbonyl (C=O) groups excluding carboxylic acids is 1. The van der Waals surface area contributed by atoms with Gasteiger partial charge in [-0.1, -0.05) is 44.2 Å². The summed E-state index contributed by atoms with van der Waals surface area (Å²) in [4.78, 5) is 41.0. The fraction of sp³-hybridized carbons (Fsp3) is 0.333. The van der Waals surface area contributed by atoms with Crippen LogP contribution >= 0.6 is 0 Å². The van der Waals surface area contributed by atoms with Gasteiger partial charge in [-0.3, -0.25) is 14.2 Å². The van der Waals surface area contributed by atoms with Crippen molar-refractivity contribution in [2.45, 2.75) is 39.2 Å². The van der Waals surface area contributed by atoms with E-state index in [-0.39, 0.29) is 17.8 Å². The van der Waals surface area contributed by atoms with Crippen LogP contribution in [-0.4, -0.2) is 38.2 Å². The third-order valence-electron chi connectivity index (χ3n) is 5.75. The molecule has 32 heavy (non-hydrogen) atoms. The minimum absolute atomic E-state index is 0.180. The van der Waals surface area contributed by atoms with Crippen molar-refractivity contribution in [2.75, 3.05) is 13.1 Å². The molecule has 4 rings (SSSR count). The van der Waals surface area contributed by atoms with Crippen molar-refractivity contribution in [1.82, 2.24) is 19.2 Å². The number of amides is 1. The summed E-state index contributed by atoms with van der Waals surface area (Å²) >= 11 is 0. The van der Waals surface area contributed by atoms with Gasteiger partial charge in [0.05, 0.1) is 12.2 Å². The summed E-state index contributed by atoms with van der Waals surface area (Å²) in [6.07, 6.45) is 1.71. The van der Waals surface area contributed by atoms with Crippen LogP contribution in [0, 0.1) is 5.82 Å². The lowest BCUT2D eigenvalue weighted by Gasteiger charge is -2.17. The predicted molar refractivity (Wildman–Crippen MR) is 119 cm³/mol. The molecule has 0 spiro atoms. The van der Waals surface area contributed by atoms with Crippen molar-refractivity contribution >= 4 is 5.91 Å². The summed E-state index contributed by atoms with van der Waals surface area (Å²) in [6.45, 7) is 4.89. The van der Waals surface area contributed by atoms with E-state index in [9.17, 15) is 18.8 Å². The molecule has 7 nitrogen and oxygen atoms in total. The quantitative estimate of drug-likeness (QED) is 0.616. The van der Waals surface area contributed by atoms with Gasteiger partial charge in [0.15, 0.2) is 0 Å². The van der Waals surface area contributed by atoms with E-state index in [4.69, 9.17) is 0 Å². The molecule has 0 bridgehead atoms. The number of likely N-dealkylation sites (tertiary alicyclic amines) is 1. The van der Waals surface area contributed by atoms with E-state index in [2.05, 4.69) is 18.9 Å². The Balaban J connectivity index is 1.88. The number of rotatable bonds is 5. The summed E-state index contributed by atoms with van der Waals surface area (Å²) in [5.74, 6) is -0.741. The van der Waals surface area contributed by atoms with E-state index in [1.54, 1.807) is 23.1 Å². The average Bonchev–Trinajstić information content (AvgIpc) is 3.33. The van der Waals surface area contributed by atoms with Gasteiger partial charge in [-0.15, -0.1) is 0 Å².